The van der Waals surface area contributed by atoms with E-state index >= 15 is 0 Å². The molecule has 0 unspecified atom stereocenters. The van der Waals surface area contributed by atoms with E-state index in [9.17, 15) is 0 Å². The van der Waals surface area contributed by atoms with E-state index < -0.39 is 0 Å². The standard InChI is InChI=1S/C19H24N2/c1-15-6-5-8-18(14-15)21-12-10-17(11-13-21)20-19-9-4-3-7-16(19)2/h3-9,14,17,20H,10-13H2,1-2H3. The second-order valence-electron chi connectivity index (χ2n) is 6.06. The Morgan fingerprint density at radius 1 is 0.952 bits per heavy atom. The highest BCUT2D eigenvalue weighted by atomic mass is 15.1. The molecule has 0 bridgehead atoms. The van der Waals surface area contributed by atoms with E-state index in [1.54, 1.807) is 0 Å². The van der Waals surface area contributed by atoms with Crippen LogP contribution in [0.3, 0.4) is 0 Å². The molecule has 1 aliphatic heterocycles. The Bertz CT molecular complexity index is 598. The summed E-state index contributed by atoms with van der Waals surface area (Å²) in [7, 11) is 0. The highest BCUT2D eigenvalue weighted by molar-refractivity contribution is 5.52. The number of nitrogens with one attached hydrogen (secondary N) is 1. The second kappa shape index (κ2) is 6.21. The molecule has 0 aromatic heterocycles. The number of aryl methyl sites for hydroxylation is 2. The molecule has 0 saturated carbocycles. The Kier molecular flexibility index (Phi) is 4.14. The van der Waals surface area contributed by atoms with Crippen molar-refractivity contribution < 1.29 is 0 Å². The third-order valence-electron chi connectivity index (χ3n) is 4.37. The Morgan fingerprint density at radius 3 is 2.43 bits per heavy atom. The van der Waals surface area contributed by atoms with E-state index in [1.807, 2.05) is 0 Å². The lowest BCUT2D eigenvalue weighted by molar-refractivity contribution is 0.526. The Hall–Kier alpha value is -1.96. The van der Waals surface area contributed by atoms with Gasteiger partial charge < -0.3 is 10.2 Å². The maximum Gasteiger partial charge on any atom is 0.0372 e. The summed E-state index contributed by atoms with van der Waals surface area (Å²) in [5, 5.41) is 3.71. The summed E-state index contributed by atoms with van der Waals surface area (Å²) in [6.45, 7) is 6.60. The van der Waals surface area contributed by atoms with Crippen molar-refractivity contribution in [2.45, 2.75) is 32.7 Å². The van der Waals surface area contributed by atoms with E-state index in [2.05, 4.69) is 72.6 Å². The zero-order valence-corrected chi connectivity index (χ0v) is 13.0. The van der Waals surface area contributed by atoms with Crippen LogP contribution in [0.15, 0.2) is 48.5 Å². The van der Waals surface area contributed by atoms with Crippen LogP contribution in [-0.4, -0.2) is 19.1 Å². The zero-order chi connectivity index (χ0) is 14.7. The molecular formula is C19H24N2. The highest BCUT2D eigenvalue weighted by Gasteiger charge is 2.19. The minimum Gasteiger partial charge on any atom is -0.382 e. The van der Waals surface area contributed by atoms with Gasteiger partial charge in [0, 0.05) is 30.5 Å². The third-order valence-corrected chi connectivity index (χ3v) is 4.37. The average molecular weight is 280 g/mol. The fourth-order valence-corrected chi connectivity index (χ4v) is 3.06. The third kappa shape index (κ3) is 3.38. The first kappa shape index (κ1) is 14.0. The van der Waals surface area contributed by atoms with E-state index in [4.69, 9.17) is 0 Å². The number of anilines is 2. The van der Waals surface area contributed by atoms with Gasteiger partial charge in [-0.3, -0.25) is 0 Å². The van der Waals surface area contributed by atoms with Crippen molar-refractivity contribution in [1.82, 2.24) is 0 Å². The van der Waals surface area contributed by atoms with Crippen LogP contribution in [0.25, 0.3) is 0 Å². The molecule has 2 nitrogen and oxygen atoms in total. The smallest absolute Gasteiger partial charge is 0.0372 e. The van der Waals surface area contributed by atoms with E-state index in [-0.39, 0.29) is 0 Å². The Balaban J connectivity index is 1.59. The molecule has 0 spiro atoms. The summed E-state index contributed by atoms with van der Waals surface area (Å²) in [6.07, 6.45) is 2.39. The lowest BCUT2D eigenvalue weighted by Crippen LogP contribution is -2.39. The molecule has 2 heteroatoms. The van der Waals surface area contributed by atoms with Gasteiger partial charge >= 0.3 is 0 Å². The van der Waals surface area contributed by atoms with Gasteiger partial charge in [-0.05, 0) is 56.0 Å². The molecule has 1 aliphatic rings. The van der Waals surface area contributed by atoms with Crippen LogP contribution >= 0.6 is 0 Å². The monoisotopic (exact) mass is 280 g/mol. The summed E-state index contributed by atoms with van der Waals surface area (Å²) in [4.78, 5) is 2.50. The molecule has 1 heterocycles. The van der Waals surface area contributed by atoms with Crippen molar-refractivity contribution in [3.05, 3.63) is 59.7 Å². The first-order valence-corrected chi connectivity index (χ1v) is 7.86. The molecule has 2 aromatic carbocycles. The second-order valence-corrected chi connectivity index (χ2v) is 6.06. The SMILES string of the molecule is Cc1cccc(N2CCC(Nc3ccccc3C)CC2)c1. The van der Waals surface area contributed by atoms with Crippen molar-refractivity contribution >= 4 is 11.4 Å². The van der Waals surface area contributed by atoms with E-state index in [0.29, 0.717) is 6.04 Å². The minimum atomic E-state index is 0.590. The lowest BCUT2D eigenvalue weighted by atomic mass is 10.0. The highest BCUT2D eigenvalue weighted by Crippen LogP contribution is 2.23. The predicted molar refractivity (Wildman–Crippen MR) is 91.2 cm³/mol. The normalized spacial score (nSPS) is 16.0. The van der Waals surface area contributed by atoms with Crippen LogP contribution in [0.5, 0.6) is 0 Å². The topological polar surface area (TPSA) is 15.3 Å². The number of hydrogen-bond donors (Lipinski definition) is 1. The quantitative estimate of drug-likeness (QED) is 0.897. The summed E-state index contributed by atoms with van der Waals surface area (Å²) in [6, 6.07) is 18.0. The summed E-state index contributed by atoms with van der Waals surface area (Å²) in [5.41, 5.74) is 5.32. The van der Waals surface area contributed by atoms with Crippen molar-refractivity contribution in [2.24, 2.45) is 0 Å². The zero-order valence-electron chi connectivity index (χ0n) is 13.0. The van der Waals surface area contributed by atoms with Gasteiger partial charge in [-0.15, -0.1) is 0 Å². The molecule has 1 fully saturated rings. The van der Waals surface area contributed by atoms with E-state index in [1.165, 1.54) is 35.3 Å². The molecule has 3 rings (SSSR count). The molecule has 110 valence electrons. The maximum absolute atomic E-state index is 3.71. The van der Waals surface area contributed by atoms with Gasteiger partial charge in [0.05, 0.1) is 0 Å². The minimum absolute atomic E-state index is 0.590. The summed E-state index contributed by atoms with van der Waals surface area (Å²) in [5.74, 6) is 0. The van der Waals surface area contributed by atoms with Gasteiger partial charge in [0.15, 0.2) is 0 Å². The maximum atomic E-state index is 3.71. The van der Waals surface area contributed by atoms with E-state index in [0.717, 1.165) is 13.1 Å². The van der Waals surface area contributed by atoms with Crippen molar-refractivity contribution in [3.8, 4) is 0 Å². The fourth-order valence-electron chi connectivity index (χ4n) is 3.06. The van der Waals surface area contributed by atoms with Crippen LogP contribution < -0.4 is 10.2 Å². The van der Waals surface area contributed by atoms with Crippen molar-refractivity contribution in [1.29, 1.82) is 0 Å². The molecule has 0 atom stereocenters. The first-order valence-electron chi connectivity index (χ1n) is 7.86. The van der Waals surface area contributed by atoms with Crippen LogP contribution in [0.2, 0.25) is 0 Å². The largest absolute Gasteiger partial charge is 0.382 e. The van der Waals surface area contributed by atoms with Gasteiger partial charge in [-0.1, -0.05) is 30.3 Å². The van der Waals surface area contributed by atoms with Gasteiger partial charge in [0.2, 0.25) is 0 Å². The Labute approximate surface area is 127 Å². The predicted octanol–water partition coefficient (Wildman–Crippen LogP) is 4.38. The molecule has 21 heavy (non-hydrogen) atoms. The van der Waals surface area contributed by atoms with Crippen molar-refractivity contribution in [2.75, 3.05) is 23.3 Å². The van der Waals surface area contributed by atoms with Crippen molar-refractivity contribution in [3.63, 3.8) is 0 Å². The lowest BCUT2D eigenvalue weighted by Gasteiger charge is -2.34. The van der Waals surface area contributed by atoms with Crippen LogP contribution in [0.1, 0.15) is 24.0 Å². The molecule has 0 aliphatic carbocycles. The molecule has 2 aromatic rings. The summed E-state index contributed by atoms with van der Waals surface area (Å²) >= 11 is 0. The molecule has 1 N–H and O–H groups in total. The van der Waals surface area contributed by atoms with Crippen LogP contribution in [0.4, 0.5) is 11.4 Å². The van der Waals surface area contributed by atoms with Gasteiger partial charge in [0.25, 0.3) is 0 Å². The van der Waals surface area contributed by atoms with Gasteiger partial charge in [0.1, 0.15) is 0 Å². The van der Waals surface area contributed by atoms with Crippen LogP contribution in [-0.2, 0) is 0 Å². The molecule has 1 saturated heterocycles. The van der Waals surface area contributed by atoms with Crippen LogP contribution in [0, 0.1) is 13.8 Å². The average Bonchev–Trinajstić information content (AvgIpc) is 2.50. The molecular weight excluding hydrogens is 256 g/mol. The number of hydrogen-bond acceptors (Lipinski definition) is 2. The fraction of sp³-hybridized carbons (Fsp3) is 0.368. The first-order chi connectivity index (χ1) is 10.2. The molecule has 0 radical (unpaired) electrons. The summed E-state index contributed by atoms with van der Waals surface area (Å²) < 4.78 is 0. The van der Waals surface area contributed by atoms with Gasteiger partial charge in [-0.25, -0.2) is 0 Å². The van der Waals surface area contributed by atoms with Gasteiger partial charge in [-0.2, -0.15) is 0 Å². The molecule has 0 amide bonds. The Morgan fingerprint density at radius 2 is 1.71 bits per heavy atom. The number of piperidine rings is 1. The number of benzene rings is 2. The number of rotatable bonds is 3. The number of nitrogens with zero attached hydrogens (tertiary/aromatic N) is 1. The number of para-hydroxylation sites is 1.